The summed E-state index contributed by atoms with van der Waals surface area (Å²) in [5, 5.41) is 4.75. The molecule has 0 aliphatic rings. The summed E-state index contributed by atoms with van der Waals surface area (Å²) in [6, 6.07) is 11.2. The number of fused-ring (bicyclic) bond motifs is 2. The molecule has 0 radical (unpaired) electrons. The van der Waals surface area contributed by atoms with Crippen molar-refractivity contribution in [1.82, 2.24) is 10.3 Å². The Balaban J connectivity index is 1.43. The van der Waals surface area contributed by atoms with Gasteiger partial charge in [0.25, 0.3) is 0 Å². The van der Waals surface area contributed by atoms with Crippen molar-refractivity contribution >= 4 is 27.8 Å². The number of hydrogen-bond acceptors (Lipinski definition) is 5. The van der Waals surface area contributed by atoms with Gasteiger partial charge in [0.15, 0.2) is 0 Å². The van der Waals surface area contributed by atoms with Gasteiger partial charge >= 0.3 is 5.63 Å². The maximum absolute atomic E-state index is 12.6. The molecule has 0 bridgehead atoms. The smallest absolute Gasteiger partial charge is 0.340 e. The van der Waals surface area contributed by atoms with Gasteiger partial charge < -0.3 is 24.2 Å². The summed E-state index contributed by atoms with van der Waals surface area (Å²) in [5.41, 5.74) is 4.00. The third-order valence-corrected chi connectivity index (χ3v) is 5.77. The van der Waals surface area contributed by atoms with E-state index in [0.717, 1.165) is 38.7 Å². The second-order valence-electron chi connectivity index (χ2n) is 8.40. The number of nitrogens with one attached hydrogen (secondary N) is 2. The molecule has 2 heterocycles. The number of hydrogen-bond donors (Lipinski definition) is 2. The van der Waals surface area contributed by atoms with Crippen LogP contribution in [0.15, 0.2) is 64.0 Å². The lowest BCUT2D eigenvalue weighted by atomic mass is 10.0. The first kappa shape index (κ1) is 23.2. The molecule has 4 rings (SSSR count). The zero-order valence-electron chi connectivity index (χ0n) is 19.6. The maximum Gasteiger partial charge on any atom is 0.340 e. The highest BCUT2D eigenvalue weighted by molar-refractivity contribution is 5.86. The third-order valence-electron chi connectivity index (χ3n) is 5.77. The molecule has 0 spiro atoms. The first-order chi connectivity index (χ1) is 16.4. The predicted molar refractivity (Wildman–Crippen MR) is 133 cm³/mol. The lowest BCUT2D eigenvalue weighted by molar-refractivity contribution is -0.120. The van der Waals surface area contributed by atoms with Gasteiger partial charge in [-0.25, -0.2) is 4.79 Å². The number of aryl methyl sites for hydroxylation is 1. The van der Waals surface area contributed by atoms with Gasteiger partial charge in [0.05, 0.1) is 19.1 Å². The fourth-order valence-electron chi connectivity index (χ4n) is 3.93. The highest BCUT2D eigenvalue weighted by Crippen LogP contribution is 2.25. The van der Waals surface area contributed by atoms with E-state index in [1.54, 1.807) is 13.2 Å². The Morgan fingerprint density at radius 2 is 1.94 bits per heavy atom. The summed E-state index contributed by atoms with van der Waals surface area (Å²) < 4.78 is 16.4. The number of amides is 1. The number of carbonyl (C=O) groups excluding carboxylic acids is 1. The van der Waals surface area contributed by atoms with Crippen molar-refractivity contribution in [2.45, 2.75) is 26.7 Å². The Morgan fingerprint density at radius 1 is 1.15 bits per heavy atom. The van der Waals surface area contributed by atoms with Crippen LogP contribution in [-0.4, -0.2) is 31.2 Å². The molecule has 2 aromatic heterocycles. The van der Waals surface area contributed by atoms with E-state index in [-0.39, 0.29) is 12.3 Å². The Hall–Kier alpha value is -4.00. The summed E-state index contributed by atoms with van der Waals surface area (Å²) in [4.78, 5) is 28.4. The van der Waals surface area contributed by atoms with Crippen molar-refractivity contribution in [3.05, 3.63) is 81.9 Å². The molecule has 2 N–H and O–H groups in total. The Labute approximate surface area is 197 Å². The zero-order chi connectivity index (χ0) is 24.2. The van der Waals surface area contributed by atoms with Crippen LogP contribution in [0.25, 0.3) is 21.9 Å². The second kappa shape index (κ2) is 9.87. The van der Waals surface area contributed by atoms with E-state index in [1.807, 2.05) is 50.4 Å². The fraction of sp³-hybridized carbons (Fsp3) is 0.259. The van der Waals surface area contributed by atoms with E-state index in [1.165, 1.54) is 0 Å². The van der Waals surface area contributed by atoms with E-state index in [4.69, 9.17) is 13.9 Å². The van der Waals surface area contributed by atoms with Gasteiger partial charge in [0.1, 0.15) is 23.7 Å². The van der Waals surface area contributed by atoms with E-state index in [9.17, 15) is 9.59 Å². The number of methoxy groups -OCH3 is 1. The van der Waals surface area contributed by atoms with Crippen LogP contribution in [0, 0.1) is 6.92 Å². The Bertz CT molecular complexity index is 1430. The third kappa shape index (κ3) is 4.98. The number of H-pyrrole nitrogens is 1. The van der Waals surface area contributed by atoms with Crippen molar-refractivity contribution in [1.29, 1.82) is 0 Å². The molecule has 0 fully saturated rings. The topological polar surface area (TPSA) is 93.6 Å². The molecule has 0 aliphatic heterocycles. The van der Waals surface area contributed by atoms with Crippen molar-refractivity contribution < 1.29 is 18.7 Å². The zero-order valence-corrected chi connectivity index (χ0v) is 19.6. The largest absolute Gasteiger partial charge is 0.497 e. The SMILES string of the molecule is C=C(C)COc1ccc2c(C)c(CC(=O)NCCc3c[nH]c4ccc(OC)cc34)c(=O)oc2c1. The van der Waals surface area contributed by atoms with Gasteiger partial charge in [-0.1, -0.05) is 6.58 Å². The highest BCUT2D eigenvalue weighted by atomic mass is 16.5. The summed E-state index contributed by atoms with van der Waals surface area (Å²) in [6.45, 7) is 8.35. The van der Waals surface area contributed by atoms with Gasteiger partial charge in [0.2, 0.25) is 5.91 Å². The van der Waals surface area contributed by atoms with Crippen LogP contribution in [0.4, 0.5) is 0 Å². The van der Waals surface area contributed by atoms with Crippen LogP contribution >= 0.6 is 0 Å². The van der Waals surface area contributed by atoms with E-state index < -0.39 is 5.63 Å². The number of rotatable bonds is 9. The molecular weight excluding hydrogens is 432 g/mol. The molecular formula is C27H28N2O5. The van der Waals surface area contributed by atoms with Crippen molar-refractivity contribution in [3.63, 3.8) is 0 Å². The molecule has 34 heavy (non-hydrogen) atoms. The maximum atomic E-state index is 12.6. The standard InChI is InChI=1S/C27H28N2O5/c1-16(2)15-33-20-5-7-21-17(3)22(27(31)34-25(21)12-20)13-26(30)28-10-9-18-14-29-24-8-6-19(32-4)11-23(18)24/h5-8,11-12,14,29H,1,9-10,13,15H2,2-4H3,(H,28,30). The summed E-state index contributed by atoms with van der Waals surface area (Å²) >= 11 is 0. The van der Waals surface area contributed by atoms with Crippen LogP contribution < -0.4 is 20.4 Å². The lowest BCUT2D eigenvalue weighted by Gasteiger charge is -2.10. The highest BCUT2D eigenvalue weighted by Gasteiger charge is 2.16. The predicted octanol–water partition coefficient (Wildman–Crippen LogP) is 4.45. The summed E-state index contributed by atoms with van der Waals surface area (Å²) in [6.07, 6.45) is 2.55. The van der Waals surface area contributed by atoms with Crippen molar-refractivity contribution in [2.75, 3.05) is 20.3 Å². The molecule has 7 nitrogen and oxygen atoms in total. The molecule has 176 valence electrons. The number of aromatic nitrogens is 1. The minimum Gasteiger partial charge on any atom is -0.497 e. The monoisotopic (exact) mass is 460 g/mol. The minimum atomic E-state index is -0.513. The van der Waals surface area contributed by atoms with Gasteiger partial charge in [-0.2, -0.15) is 0 Å². The molecule has 0 unspecified atom stereocenters. The van der Waals surface area contributed by atoms with Crippen LogP contribution in [0.3, 0.4) is 0 Å². The van der Waals surface area contributed by atoms with E-state index in [2.05, 4.69) is 16.9 Å². The molecule has 4 aromatic rings. The quantitative estimate of drug-likeness (QED) is 0.284. The fourth-order valence-corrected chi connectivity index (χ4v) is 3.93. The second-order valence-corrected chi connectivity index (χ2v) is 8.40. The van der Waals surface area contributed by atoms with Gasteiger partial charge in [0, 0.05) is 35.1 Å². The van der Waals surface area contributed by atoms with Crippen LogP contribution in [0.5, 0.6) is 11.5 Å². The van der Waals surface area contributed by atoms with Gasteiger partial charge in [-0.3, -0.25) is 4.79 Å². The molecule has 7 heteroatoms. The number of aromatic amines is 1. The first-order valence-corrected chi connectivity index (χ1v) is 11.1. The molecule has 0 atom stereocenters. The Morgan fingerprint density at radius 3 is 2.71 bits per heavy atom. The minimum absolute atomic E-state index is 0.0419. The van der Waals surface area contributed by atoms with Crippen molar-refractivity contribution in [3.8, 4) is 11.5 Å². The summed E-state index contributed by atoms with van der Waals surface area (Å²) in [5.74, 6) is 1.15. The number of benzene rings is 2. The van der Waals surface area contributed by atoms with Crippen LogP contribution in [-0.2, 0) is 17.6 Å². The molecule has 1 amide bonds. The van der Waals surface area contributed by atoms with Crippen LogP contribution in [0.2, 0.25) is 0 Å². The lowest BCUT2D eigenvalue weighted by Crippen LogP contribution is -2.29. The van der Waals surface area contributed by atoms with Gasteiger partial charge in [-0.15, -0.1) is 0 Å². The summed E-state index contributed by atoms with van der Waals surface area (Å²) in [7, 11) is 1.63. The number of carbonyl (C=O) groups is 1. The number of ether oxygens (including phenoxy) is 2. The average Bonchev–Trinajstić information content (AvgIpc) is 3.22. The Kier molecular flexibility index (Phi) is 6.72. The average molecular weight is 461 g/mol. The molecule has 2 aromatic carbocycles. The normalized spacial score (nSPS) is 11.0. The molecule has 0 aliphatic carbocycles. The molecule has 0 saturated carbocycles. The van der Waals surface area contributed by atoms with Crippen LogP contribution in [0.1, 0.15) is 23.6 Å². The van der Waals surface area contributed by atoms with Crippen molar-refractivity contribution in [2.24, 2.45) is 0 Å². The van der Waals surface area contributed by atoms with E-state index in [0.29, 0.717) is 36.5 Å². The van der Waals surface area contributed by atoms with Gasteiger partial charge in [-0.05, 0) is 67.3 Å². The van der Waals surface area contributed by atoms with E-state index >= 15 is 0 Å². The molecule has 0 saturated heterocycles. The first-order valence-electron chi connectivity index (χ1n) is 11.1.